The molecule has 0 saturated heterocycles. The molecule has 2 rings (SSSR count). The van der Waals surface area contributed by atoms with Crippen molar-refractivity contribution in [2.75, 3.05) is 0 Å². The van der Waals surface area contributed by atoms with Crippen LogP contribution in [0.4, 0.5) is 4.39 Å². The summed E-state index contributed by atoms with van der Waals surface area (Å²) in [6.07, 6.45) is 8.97. The average molecular weight is 301 g/mol. The van der Waals surface area contributed by atoms with E-state index in [0.29, 0.717) is 5.92 Å². The Morgan fingerprint density at radius 3 is 2.73 bits per heavy atom. The third-order valence-electron chi connectivity index (χ3n) is 4.16. The van der Waals surface area contributed by atoms with Crippen molar-refractivity contribution in [2.45, 2.75) is 39.0 Å². The minimum absolute atomic E-state index is 0.0516. The third-order valence-corrected chi connectivity index (χ3v) is 4.16. The largest absolute Gasteiger partial charge is 0.426 e. The highest BCUT2D eigenvalue weighted by Gasteiger charge is 2.27. The Labute approximate surface area is 130 Å². The van der Waals surface area contributed by atoms with Crippen molar-refractivity contribution in [3.63, 3.8) is 0 Å². The van der Waals surface area contributed by atoms with Crippen LogP contribution in [0.1, 0.15) is 44.6 Å². The summed E-state index contributed by atoms with van der Waals surface area (Å²) >= 11 is 0. The molecule has 22 heavy (non-hydrogen) atoms. The van der Waals surface area contributed by atoms with Crippen molar-refractivity contribution in [3.8, 4) is 11.8 Å². The second-order valence-electron chi connectivity index (χ2n) is 5.70. The highest BCUT2D eigenvalue weighted by atomic mass is 19.1. The van der Waals surface area contributed by atoms with E-state index in [1.54, 1.807) is 6.07 Å². The summed E-state index contributed by atoms with van der Waals surface area (Å²) in [6.45, 7) is 2.01. The molecule has 1 aliphatic rings. The third kappa shape index (κ3) is 4.17. The van der Waals surface area contributed by atoms with E-state index in [1.165, 1.54) is 12.1 Å². The van der Waals surface area contributed by atoms with Gasteiger partial charge in [-0.25, -0.2) is 4.39 Å². The van der Waals surface area contributed by atoms with E-state index in [4.69, 9.17) is 10.00 Å². The summed E-state index contributed by atoms with van der Waals surface area (Å²) in [6, 6.07) is 5.61. The number of carbonyl (C=O) groups is 1. The van der Waals surface area contributed by atoms with Crippen LogP contribution in [0, 0.1) is 29.0 Å². The van der Waals surface area contributed by atoms with Gasteiger partial charge in [0.15, 0.2) is 0 Å². The number of carbonyl (C=O) groups excluding carboxylic acids is 1. The summed E-state index contributed by atoms with van der Waals surface area (Å²) in [4.78, 5) is 12.1. The highest BCUT2D eigenvalue weighted by molar-refractivity contribution is 5.75. The molecule has 1 aliphatic carbocycles. The topological polar surface area (TPSA) is 50.1 Å². The first kappa shape index (κ1) is 16.2. The Morgan fingerprint density at radius 1 is 1.41 bits per heavy atom. The Balaban J connectivity index is 1.88. The Bertz CT molecular complexity index is 596. The van der Waals surface area contributed by atoms with E-state index in [2.05, 4.69) is 12.2 Å². The standard InChI is InChI=1S/C18H20FNO2/c1-2-3-4-13-5-7-14(8-6-13)18(21)22-16-10-9-15(12-20)17(19)11-16/h2-3,9-11,13-14H,4-8H2,1H3. The molecule has 1 aromatic carbocycles. The van der Waals surface area contributed by atoms with Crippen LogP contribution in [0.15, 0.2) is 30.4 Å². The van der Waals surface area contributed by atoms with Crippen molar-refractivity contribution in [1.29, 1.82) is 5.26 Å². The van der Waals surface area contributed by atoms with E-state index < -0.39 is 5.82 Å². The predicted octanol–water partition coefficient (Wildman–Crippen LogP) is 4.38. The van der Waals surface area contributed by atoms with E-state index in [9.17, 15) is 9.18 Å². The van der Waals surface area contributed by atoms with Gasteiger partial charge in [-0.1, -0.05) is 12.2 Å². The molecule has 0 unspecified atom stereocenters. The van der Waals surface area contributed by atoms with Crippen molar-refractivity contribution in [3.05, 3.63) is 41.7 Å². The van der Waals surface area contributed by atoms with Crippen molar-refractivity contribution in [1.82, 2.24) is 0 Å². The average Bonchev–Trinajstić information content (AvgIpc) is 2.53. The molecule has 116 valence electrons. The number of ether oxygens (including phenoxy) is 1. The fourth-order valence-corrected chi connectivity index (χ4v) is 2.81. The number of nitrogens with zero attached hydrogens (tertiary/aromatic N) is 1. The minimum Gasteiger partial charge on any atom is -0.426 e. The maximum Gasteiger partial charge on any atom is 0.314 e. The summed E-state index contributed by atoms with van der Waals surface area (Å²) in [5, 5.41) is 8.68. The first-order valence-electron chi connectivity index (χ1n) is 7.66. The quantitative estimate of drug-likeness (QED) is 0.471. The summed E-state index contributed by atoms with van der Waals surface area (Å²) in [5.41, 5.74) is -0.0516. The highest BCUT2D eigenvalue weighted by Crippen LogP contribution is 2.32. The van der Waals surface area contributed by atoms with Gasteiger partial charge in [0.2, 0.25) is 0 Å². The van der Waals surface area contributed by atoms with Gasteiger partial charge in [-0.15, -0.1) is 0 Å². The van der Waals surface area contributed by atoms with Crippen molar-refractivity contribution in [2.24, 2.45) is 11.8 Å². The molecule has 4 heteroatoms. The van der Waals surface area contributed by atoms with E-state index in [1.807, 2.05) is 6.92 Å². The monoisotopic (exact) mass is 301 g/mol. The maximum absolute atomic E-state index is 13.5. The zero-order valence-electron chi connectivity index (χ0n) is 12.7. The van der Waals surface area contributed by atoms with Gasteiger partial charge in [-0.05, 0) is 57.1 Å². The lowest BCUT2D eigenvalue weighted by Crippen LogP contribution is -2.25. The Hall–Kier alpha value is -2.15. The maximum atomic E-state index is 13.5. The van der Waals surface area contributed by atoms with Crippen LogP contribution in [-0.4, -0.2) is 5.97 Å². The van der Waals surface area contributed by atoms with Crippen LogP contribution in [0.2, 0.25) is 0 Å². The molecule has 0 aliphatic heterocycles. The van der Waals surface area contributed by atoms with Gasteiger partial charge in [0.1, 0.15) is 17.6 Å². The van der Waals surface area contributed by atoms with E-state index >= 15 is 0 Å². The molecule has 0 heterocycles. The number of esters is 1. The number of benzene rings is 1. The first-order valence-corrected chi connectivity index (χ1v) is 7.66. The molecule has 0 amide bonds. The SMILES string of the molecule is CC=CCC1CCC(C(=O)Oc2ccc(C#N)c(F)c2)CC1. The molecule has 0 radical (unpaired) electrons. The van der Waals surface area contributed by atoms with Gasteiger partial charge in [-0.3, -0.25) is 4.79 Å². The van der Waals surface area contributed by atoms with E-state index in [-0.39, 0.29) is 23.2 Å². The molecule has 0 spiro atoms. The molecular formula is C18H20FNO2. The molecule has 1 aromatic rings. The minimum atomic E-state index is -0.664. The van der Waals surface area contributed by atoms with Crippen LogP contribution in [0.3, 0.4) is 0 Å². The smallest absolute Gasteiger partial charge is 0.314 e. The van der Waals surface area contributed by atoms with Gasteiger partial charge in [0.25, 0.3) is 0 Å². The van der Waals surface area contributed by atoms with Crippen LogP contribution in [0.25, 0.3) is 0 Å². The molecule has 0 bridgehead atoms. The summed E-state index contributed by atoms with van der Waals surface area (Å²) in [5.74, 6) is -0.262. The molecule has 1 fully saturated rings. The number of halogens is 1. The van der Waals surface area contributed by atoms with Gasteiger partial charge in [0, 0.05) is 6.07 Å². The van der Waals surface area contributed by atoms with Gasteiger partial charge >= 0.3 is 5.97 Å². The summed E-state index contributed by atoms with van der Waals surface area (Å²) in [7, 11) is 0. The van der Waals surface area contributed by atoms with Gasteiger partial charge < -0.3 is 4.74 Å². The van der Waals surface area contributed by atoms with Gasteiger partial charge in [-0.2, -0.15) is 5.26 Å². The molecular weight excluding hydrogens is 281 g/mol. The van der Waals surface area contributed by atoms with Crippen LogP contribution < -0.4 is 4.74 Å². The summed E-state index contributed by atoms with van der Waals surface area (Å²) < 4.78 is 18.7. The second-order valence-corrected chi connectivity index (χ2v) is 5.70. The number of hydrogen-bond acceptors (Lipinski definition) is 3. The molecule has 3 nitrogen and oxygen atoms in total. The van der Waals surface area contributed by atoms with Crippen LogP contribution in [0.5, 0.6) is 5.75 Å². The molecule has 0 aromatic heterocycles. The Morgan fingerprint density at radius 2 is 2.14 bits per heavy atom. The number of allylic oxidation sites excluding steroid dienone is 2. The van der Waals surface area contributed by atoms with Gasteiger partial charge in [0.05, 0.1) is 11.5 Å². The number of nitriles is 1. The van der Waals surface area contributed by atoms with Crippen molar-refractivity contribution < 1.29 is 13.9 Å². The number of hydrogen-bond donors (Lipinski definition) is 0. The zero-order valence-corrected chi connectivity index (χ0v) is 12.7. The molecule has 0 N–H and O–H groups in total. The molecule has 0 atom stereocenters. The van der Waals surface area contributed by atoms with Crippen LogP contribution in [-0.2, 0) is 4.79 Å². The lowest BCUT2D eigenvalue weighted by atomic mass is 9.80. The fourth-order valence-electron chi connectivity index (χ4n) is 2.81. The predicted molar refractivity (Wildman–Crippen MR) is 81.6 cm³/mol. The zero-order chi connectivity index (χ0) is 15.9. The second kappa shape index (κ2) is 7.74. The first-order chi connectivity index (χ1) is 10.6. The number of rotatable bonds is 4. The van der Waals surface area contributed by atoms with E-state index in [0.717, 1.165) is 38.2 Å². The Kier molecular flexibility index (Phi) is 5.71. The lowest BCUT2D eigenvalue weighted by molar-refractivity contribution is -0.140. The fraction of sp³-hybridized carbons (Fsp3) is 0.444. The van der Waals surface area contributed by atoms with Crippen molar-refractivity contribution >= 4 is 5.97 Å². The van der Waals surface area contributed by atoms with Crippen LogP contribution >= 0.6 is 0 Å². The lowest BCUT2D eigenvalue weighted by Gasteiger charge is -2.26. The normalized spacial score (nSPS) is 21.5. The molecule has 1 saturated carbocycles.